The second-order valence-electron chi connectivity index (χ2n) is 6.56. The predicted molar refractivity (Wildman–Crippen MR) is 93.3 cm³/mol. The van der Waals surface area contributed by atoms with Crippen LogP contribution in [0.4, 0.5) is 0 Å². The molecular formula is C18H24N4O2. The van der Waals surface area contributed by atoms with E-state index in [9.17, 15) is 4.79 Å². The van der Waals surface area contributed by atoms with Crippen molar-refractivity contribution >= 4 is 16.8 Å². The first-order chi connectivity index (χ1) is 11.8. The second-order valence-corrected chi connectivity index (χ2v) is 6.56. The number of amides is 1. The van der Waals surface area contributed by atoms with Crippen molar-refractivity contribution < 1.29 is 9.53 Å². The van der Waals surface area contributed by atoms with E-state index in [-0.39, 0.29) is 5.91 Å². The summed E-state index contributed by atoms with van der Waals surface area (Å²) in [7, 11) is 0. The topological polar surface area (TPSA) is 60.6 Å². The van der Waals surface area contributed by atoms with Crippen molar-refractivity contribution in [2.45, 2.75) is 6.04 Å². The Morgan fingerprint density at radius 3 is 2.96 bits per heavy atom. The Morgan fingerprint density at radius 1 is 1.21 bits per heavy atom. The summed E-state index contributed by atoms with van der Waals surface area (Å²) in [5.74, 6) is 0.122. The largest absolute Gasteiger partial charge is 0.379 e. The molecule has 128 valence electrons. The van der Waals surface area contributed by atoms with Gasteiger partial charge in [0.1, 0.15) is 0 Å². The van der Waals surface area contributed by atoms with Gasteiger partial charge in [-0.2, -0.15) is 0 Å². The highest BCUT2D eigenvalue weighted by atomic mass is 16.5. The highest BCUT2D eigenvalue weighted by Crippen LogP contribution is 2.19. The molecule has 2 fully saturated rings. The van der Waals surface area contributed by atoms with Gasteiger partial charge in [-0.3, -0.25) is 9.69 Å². The lowest BCUT2D eigenvalue weighted by molar-refractivity contribution is 0.0282. The number of hydrogen-bond acceptors (Lipinski definition) is 4. The Labute approximate surface area is 141 Å². The van der Waals surface area contributed by atoms with Crippen LogP contribution < -0.4 is 5.32 Å². The number of piperazine rings is 1. The summed E-state index contributed by atoms with van der Waals surface area (Å²) in [6.45, 7) is 6.92. The lowest BCUT2D eigenvalue weighted by atomic mass is 10.1. The molecule has 4 rings (SSSR count). The number of fused-ring (bicyclic) bond motifs is 1. The summed E-state index contributed by atoms with van der Waals surface area (Å²) in [6.07, 6.45) is 1.89. The van der Waals surface area contributed by atoms with Gasteiger partial charge in [0.05, 0.1) is 24.3 Å². The molecule has 6 nitrogen and oxygen atoms in total. The number of para-hydroxylation sites is 1. The Balaban J connectivity index is 1.45. The average Bonchev–Trinajstić information content (AvgIpc) is 3.11. The third-order valence-electron chi connectivity index (χ3n) is 4.94. The van der Waals surface area contributed by atoms with Crippen molar-refractivity contribution in [2.75, 3.05) is 52.5 Å². The third kappa shape index (κ3) is 3.17. The molecule has 0 saturated carbocycles. The van der Waals surface area contributed by atoms with E-state index in [0.717, 1.165) is 68.9 Å². The molecule has 1 aromatic carbocycles. The average molecular weight is 328 g/mol. The van der Waals surface area contributed by atoms with Crippen LogP contribution in [-0.2, 0) is 4.74 Å². The van der Waals surface area contributed by atoms with Crippen LogP contribution in [0.5, 0.6) is 0 Å². The number of aromatic nitrogens is 1. The minimum atomic E-state index is 0.122. The molecule has 0 radical (unpaired) electrons. The van der Waals surface area contributed by atoms with Gasteiger partial charge < -0.3 is 19.9 Å². The molecule has 0 aliphatic carbocycles. The van der Waals surface area contributed by atoms with E-state index < -0.39 is 0 Å². The lowest BCUT2D eigenvalue weighted by Crippen LogP contribution is -2.57. The Bertz CT molecular complexity index is 708. The van der Waals surface area contributed by atoms with E-state index in [1.54, 1.807) is 0 Å². The number of nitrogens with one attached hydrogen (secondary N) is 2. The van der Waals surface area contributed by atoms with E-state index in [4.69, 9.17) is 4.74 Å². The van der Waals surface area contributed by atoms with E-state index >= 15 is 0 Å². The molecule has 1 aromatic heterocycles. The second kappa shape index (κ2) is 6.93. The molecule has 1 unspecified atom stereocenters. The summed E-state index contributed by atoms with van der Waals surface area (Å²) in [5, 5.41) is 4.63. The van der Waals surface area contributed by atoms with E-state index in [1.165, 1.54) is 0 Å². The monoisotopic (exact) mass is 328 g/mol. The van der Waals surface area contributed by atoms with Crippen molar-refractivity contribution in [2.24, 2.45) is 0 Å². The smallest absolute Gasteiger partial charge is 0.256 e. The molecule has 1 amide bonds. The van der Waals surface area contributed by atoms with Crippen LogP contribution in [0.15, 0.2) is 30.5 Å². The molecule has 2 aliphatic heterocycles. The van der Waals surface area contributed by atoms with Crippen molar-refractivity contribution in [1.82, 2.24) is 20.1 Å². The van der Waals surface area contributed by atoms with E-state index in [0.29, 0.717) is 6.04 Å². The molecule has 2 saturated heterocycles. The highest BCUT2D eigenvalue weighted by molar-refractivity contribution is 6.05. The molecule has 1 atom stereocenters. The van der Waals surface area contributed by atoms with Gasteiger partial charge in [0.2, 0.25) is 0 Å². The maximum Gasteiger partial charge on any atom is 0.256 e. The molecule has 6 heteroatoms. The number of hydrogen-bond donors (Lipinski definition) is 2. The van der Waals surface area contributed by atoms with Gasteiger partial charge >= 0.3 is 0 Å². The highest BCUT2D eigenvalue weighted by Gasteiger charge is 2.27. The predicted octanol–water partition coefficient (Wildman–Crippen LogP) is 0.914. The van der Waals surface area contributed by atoms with Crippen LogP contribution in [-0.4, -0.2) is 79.2 Å². The molecule has 3 heterocycles. The standard InChI is InChI=1S/C18H24N4O2/c23-18(16-3-1-2-14-4-5-20-17(14)16)22-7-6-19-15(13-22)12-21-8-10-24-11-9-21/h1-5,15,19-20H,6-13H2. The SMILES string of the molecule is O=C(c1cccc2cc[nH]c12)N1CCNC(CN2CCOCC2)C1. The van der Waals surface area contributed by atoms with Crippen LogP contribution in [0.3, 0.4) is 0 Å². The van der Waals surface area contributed by atoms with Crippen LogP contribution in [0.25, 0.3) is 10.9 Å². The summed E-state index contributed by atoms with van der Waals surface area (Å²) < 4.78 is 5.41. The van der Waals surface area contributed by atoms with Gasteiger partial charge in [-0.05, 0) is 12.1 Å². The zero-order valence-corrected chi connectivity index (χ0v) is 13.8. The van der Waals surface area contributed by atoms with Gasteiger partial charge in [0, 0.05) is 56.9 Å². The van der Waals surface area contributed by atoms with Crippen molar-refractivity contribution in [3.63, 3.8) is 0 Å². The first-order valence-corrected chi connectivity index (χ1v) is 8.70. The third-order valence-corrected chi connectivity index (χ3v) is 4.94. The van der Waals surface area contributed by atoms with Crippen molar-refractivity contribution in [3.8, 4) is 0 Å². The van der Waals surface area contributed by atoms with E-state index in [1.807, 2.05) is 35.4 Å². The fourth-order valence-corrected chi connectivity index (χ4v) is 3.66. The summed E-state index contributed by atoms with van der Waals surface area (Å²) in [6, 6.07) is 8.23. The summed E-state index contributed by atoms with van der Waals surface area (Å²) in [5.41, 5.74) is 1.70. The Kier molecular flexibility index (Phi) is 4.51. The number of carbonyl (C=O) groups is 1. The maximum atomic E-state index is 13.0. The molecule has 2 N–H and O–H groups in total. The minimum Gasteiger partial charge on any atom is -0.379 e. The number of aromatic amines is 1. The lowest BCUT2D eigenvalue weighted by Gasteiger charge is -2.37. The van der Waals surface area contributed by atoms with Gasteiger partial charge in [0.15, 0.2) is 0 Å². The van der Waals surface area contributed by atoms with Crippen LogP contribution in [0.1, 0.15) is 10.4 Å². The van der Waals surface area contributed by atoms with Crippen molar-refractivity contribution in [3.05, 3.63) is 36.0 Å². The fraction of sp³-hybridized carbons (Fsp3) is 0.500. The zero-order valence-electron chi connectivity index (χ0n) is 13.8. The van der Waals surface area contributed by atoms with Crippen LogP contribution in [0, 0.1) is 0 Å². The van der Waals surface area contributed by atoms with Crippen LogP contribution >= 0.6 is 0 Å². The number of ether oxygens (including phenoxy) is 1. The Morgan fingerprint density at radius 2 is 2.08 bits per heavy atom. The molecule has 2 aromatic rings. The number of rotatable bonds is 3. The van der Waals surface area contributed by atoms with Gasteiger partial charge in [0.25, 0.3) is 5.91 Å². The van der Waals surface area contributed by atoms with Gasteiger partial charge in [-0.25, -0.2) is 0 Å². The minimum absolute atomic E-state index is 0.122. The molecule has 2 aliphatic rings. The number of H-pyrrole nitrogens is 1. The number of morpholine rings is 1. The molecule has 0 bridgehead atoms. The van der Waals surface area contributed by atoms with Crippen molar-refractivity contribution in [1.29, 1.82) is 0 Å². The van der Waals surface area contributed by atoms with E-state index in [2.05, 4.69) is 15.2 Å². The normalized spacial score (nSPS) is 22.8. The van der Waals surface area contributed by atoms with Gasteiger partial charge in [-0.1, -0.05) is 12.1 Å². The fourth-order valence-electron chi connectivity index (χ4n) is 3.66. The van der Waals surface area contributed by atoms with Crippen LogP contribution in [0.2, 0.25) is 0 Å². The quantitative estimate of drug-likeness (QED) is 0.879. The summed E-state index contributed by atoms with van der Waals surface area (Å²) >= 11 is 0. The first-order valence-electron chi connectivity index (χ1n) is 8.70. The summed E-state index contributed by atoms with van der Waals surface area (Å²) in [4.78, 5) is 20.6. The van der Waals surface area contributed by atoms with Gasteiger partial charge in [-0.15, -0.1) is 0 Å². The first kappa shape index (κ1) is 15.6. The number of nitrogens with zero attached hydrogens (tertiary/aromatic N) is 2. The maximum absolute atomic E-state index is 13.0. The number of benzene rings is 1. The molecular weight excluding hydrogens is 304 g/mol. The molecule has 24 heavy (non-hydrogen) atoms. The number of carbonyl (C=O) groups excluding carboxylic acids is 1. The Hall–Kier alpha value is -1.89. The zero-order chi connectivity index (χ0) is 16.4. The molecule has 0 spiro atoms.